The first kappa shape index (κ1) is 11.7. The van der Waals surface area contributed by atoms with E-state index in [0.717, 1.165) is 19.4 Å². The number of hydrogen-bond donors (Lipinski definition) is 0. The molecule has 2 heteroatoms. The third-order valence-electron chi connectivity index (χ3n) is 4.66. The average Bonchev–Trinajstić information content (AvgIpc) is 3.11. The van der Waals surface area contributed by atoms with Gasteiger partial charge in [-0.05, 0) is 24.0 Å². The van der Waals surface area contributed by atoms with Gasteiger partial charge in [-0.3, -0.25) is 0 Å². The van der Waals surface area contributed by atoms with Gasteiger partial charge in [-0.15, -0.1) is 0 Å². The highest BCUT2D eigenvalue weighted by molar-refractivity contribution is 6.02. The molecule has 1 fully saturated rings. The van der Waals surface area contributed by atoms with Crippen LogP contribution < -0.4 is 0 Å². The highest BCUT2D eigenvalue weighted by Crippen LogP contribution is 2.48. The van der Waals surface area contributed by atoms with E-state index in [1.54, 1.807) is 0 Å². The highest BCUT2D eigenvalue weighted by Gasteiger charge is 2.50. The number of hydrogen-bond acceptors (Lipinski definition) is 2. The Morgan fingerprint density at radius 1 is 0.900 bits per heavy atom. The van der Waals surface area contributed by atoms with Crippen molar-refractivity contribution in [3.8, 4) is 0 Å². The molecule has 1 unspecified atom stereocenters. The van der Waals surface area contributed by atoms with Gasteiger partial charge in [0.15, 0.2) is 0 Å². The Hall–Kier alpha value is -2.09. The fourth-order valence-corrected chi connectivity index (χ4v) is 3.71. The molecule has 2 aromatic rings. The summed E-state index contributed by atoms with van der Waals surface area (Å²) in [4.78, 5) is 5.40. The zero-order valence-corrected chi connectivity index (χ0v) is 11.3. The topological polar surface area (TPSA) is 21.6 Å². The van der Waals surface area contributed by atoms with Crippen LogP contribution in [0.15, 0.2) is 65.8 Å². The third kappa shape index (κ3) is 1.54. The summed E-state index contributed by atoms with van der Waals surface area (Å²) in [6.07, 6.45) is 2.27. The lowest BCUT2D eigenvalue weighted by Gasteiger charge is -2.30. The van der Waals surface area contributed by atoms with Crippen molar-refractivity contribution in [1.29, 1.82) is 0 Å². The van der Waals surface area contributed by atoms with Crippen molar-refractivity contribution in [3.63, 3.8) is 0 Å². The first-order valence-corrected chi connectivity index (χ1v) is 7.22. The monoisotopic (exact) mass is 263 g/mol. The summed E-state index contributed by atoms with van der Waals surface area (Å²) < 4.78 is 0. The molecule has 1 saturated carbocycles. The van der Waals surface area contributed by atoms with Gasteiger partial charge in [0, 0.05) is 5.92 Å². The van der Waals surface area contributed by atoms with Crippen LogP contribution in [0, 0.1) is 5.92 Å². The summed E-state index contributed by atoms with van der Waals surface area (Å²) >= 11 is 0. The van der Waals surface area contributed by atoms with E-state index in [2.05, 4.69) is 65.8 Å². The number of oxime groups is 1. The van der Waals surface area contributed by atoms with Crippen molar-refractivity contribution >= 4 is 5.71 Å². The van der Waals surface area contributed by atoms with Crippen molar-refractivity contribution in [2.24, 2.45) is 11.1 Å². The molecule has 0 amide bonds. The molecule has 0 saturated heterocycles. The van der Waals surface area contributed by atoms with E-state index in [4.69, 9.17) is 4.84 Å². The molecular weight excluding hydrogens is 246 g/mol. The number of fused-ring (bicyclic) bond motifs is 1. The first-order valence-electron chi connectivity index (χ1n) is 7.22. The quantitative estimate of drug-likeness (QED) is 0.808. The van der Waals surface area contributed by atoms with Gasteiger partial charge >= 0.3 is 0 Å². The van der Waals surface area contributed by atoms with Gasteiger partial charge in [-0.25, -0.2) is 0 Å². The van der Waals surface area contributed by atoms with Crippen LogP contribution in [0.25, 0.3) is 0 Å². The SMILES string of the molecule is c1ccc(C2(c3ccccc3)CCC3CON=C32)cc1. The molecule has 1 heterocycles. The molecule has 0 bridgehead atoms. The second-order valence-electron chi connectivity index (χ2n) is 5.65. The normalized spacial score (nSPS) is 23.0. The molecule has 20 heavy (non-hydrogen) atoms. The molecule has 4 rings (SSSR count). The fraction of sp³-hybridized carbons (Fsp3) is 0.278. The molecule has 1 atom stereocenters. The summed E-state index contributed by atoms with van der Waals surface area (Å²) in [5.41, 5.74) is 3.79. The summed E-state index contributed by atoms with van der Waals surface area (Å²) in [6.45, 7) is 0.747. The summed E-state index contributed by atoms with van der Waals surface area (Å²) in [5.74, 6) is 0.482. The Labute approximate surface area is 119 Å². The lowest BCUT2D eigenvalue weighted by atomic mass is 9.71. The number of nitrogens with zero attached hydrogens (tertiary/aromatic N) is 1. The predicted octanol–water partition coefficient (Wildman–Crippen LogP) is 3.77. The largest absolute Gasteiger partial charge is 0.395 e. The van der Waals surface area contributed by atoms with E-state index in [0.29, 0.717) is 5.92 Å². The lowest BCUT2D eigenvalue weighted by molar-refractivity contribution is 0.151. The maximum absolute atomic E-state index is 5.40. The van der Waals surface area contributed by atoms with Crippen LogP contribution in [0.2, 0.25) is 0 Å². The maximum atomic E-state index is 5.40. The minimum atomic E-state index is -0.0936. The third-order valence-corrected chi connectivity index (χ3v) is 4.66. The highest BCUT2D eigenvalue weighted by atomic mass is 16.6. The van der Waals surface area contributed by atoms with Gasteiger partial charge in [0.25, 0.3) is 0 Å². The van der Waals surface area contributed by atoms with E-state index in [1.165, 1.54) is 16.8 Å². The van der Waals surface area contributed by atoms with Crippen LogP contribution >= 0.6 is 0 Å². The molecule has 2 aliphatic rings. The first-order chi connectivity index (χ1) is 9.91. The van der Waals surface area contributed by atoms with E-state index in [1.807, 2.05) is 0 Å². The fourth-order valence-electron chi connectivity index (χ4n) is 3.71. The van der Waals surface area contributed by atoms with Crippen molar-refractivity contribution in [2.45, 2.75) is 18.3 Å². The molecule has 0 radical (unpaired) electrons. The van der Waals surface area contributed by atoms with Crippen LogP contribution in [0.1, 0.15) is 24.0 Å². The smallest absolute Gasteiger partial charge is 0.125 e. The standard InChI is InChI=1S/C18H17NO/c1-3-7-15(8-4-1)18(16-9-5-2-6-10-16)12-11-14-13-20-19-17(14)18/h1-10,14H,11-13H2. The molecular formula is C18H17NO. The molecule has 0 N–H and O–H groups in total. The van der Waals surface area contributed by atoms with Gasteiger partial charge in [0.05, 0.1) is 11.1 Å². The lowest BCUT2D eigenvalue weighted by Crippen LogP contribution is -2.33. The van der Waals surface area contributed by atoms with Crippen molar-refractivity contribution < 1.29 is 4.84 Å². The molecule has 100 valence electrons. The van der Waals surface area contributed by atoms with Crippen LogP contribution in [0.3, 0.4) is 0 Å². The summed E-state index contributed by atoms with van der Waals surface area (Å²) in [5, 5.41) is 4.42. The Bertz CT molecular complexity index is 593. The molecule has 1 aliphatic carbocycles. The molecule has 0 spiro atoms. The summed E-state index contributed by atoms with van der Waals surface area (Å²) in [6, 6.07) is 21.5. The second kappa shape index (κ2) is 4.48. The van der Waals surface area contributed by atoms with Crippen LogP contribution in [-0.2, 0) is 10.3 Å². The van der Waals surface area contributed by atoms with E-state index in [-0.39, 0.29) is 5.41 Å². The van der Waals surface area contributed by atoms with Gasteiger partial charge in [-0.1, -0.05) is 65.8 Å². The minimum Gasteiger partial charge on any atom is -0.395 e. The van der Waals surface area contributed by atoms with Crippen molar-refractivity contribution in [2.75, 3.05) is 6.61 Å². The van der Waals surface area contributed by atoms with Crippen molar-refractivity contribution in [3.05, 3.63) is 71.8 Å². The van der Waals surface area contributed by atoms with E-state index in [9.17, 15) is 0 Å². The van der Waals surface area contributed by atoms with E-state index >= 15 is 0 Å². The Balaban J connectivity index is 1.95. The zero-order valence-electron chi connectivity index (χ0n) is 11.3. The zero-order chi connectivity index (χ0) is 13.4. The summed E-state index contributed by atoms with van der Waals surface area (Å²) in [7, 11) is 0. The molecule has 1 aliphatic heterocycles. The molecule has 2 aromatic carbocycles. The average molecular weight is 263 g/mol. The Morgan fingerprint density at radius 2 is 1.50 bits per heavy atom. The Kier molecular flexibility index (Phi) is 2.62. The Morgan fingerprint density at radius 3 is 2.10 bits per heavy atom. The van der Waals surface area contributed by atoms with Crippen LogP contribution in [0.5, 0.6) is 0 Å². The van der Waals surface area contributed by atoms with E-state index < -0.39 is 0 Å². The predicted molar refractivity (Wildman–Crippen MR) is 79.8 cm³/mol. The van der Waals surface area contributed by atoms with Gasteiger partial charge in [0.2, 0.25) is 0 Å². The van der Waals surface area contributed by atoms with Crippen molar-refractivity contribution in [1.82, 2.24) is 0 Å². The minimum absolute atomic E-state index is 0.0936. The molecule has 0 aromatic heterocycles. The second-order valence-corrected chi connectivity index (χ2v) is 5.65. The number of rotatable bonds is 2. The van der Waals surface area contributed by atoms with Gasteiger partial charge in [0.1, 0.15) is 6.61 Å². The molecule has 2 nitrogen and oxygen atoms in total. The van der Waals surface area contributed by atoms with Gasteiger partial charge < -0.3 is 4.84 Å². The number of benzene rings is 2. The van der Waals surface area contributed by atoms with Crippen LogP contribution in [0.4, 0.5) is 0 Å². The maximum Gasteiger partial charge on any atom is 0.125 e. The van der Waals surface area contributed by atoms with Crippen LogP contribution in [-0.4, -0.2) is 12.3 Å². The van der Waals surface area contributed by atoms with Gasteiger partial charge in [-0.2, -0.15) is 0 Å².